The number of fused-ring (bicyclic) bond motifs is 1. The number of amidine groups is 1. The van der Waals surface area contributed by atoms with Gasteiger partial charge in [-0.3, -0.25) is 4.99 Å². The average Bonchev–Trinajstić information content (AvgIpc) is 3.17. The molecule has 1 aliphatic rings. The molecule has 4 heteroatoms. The number of aromatic nitrogens is 1. The topological polar surface area (TPSA) is 40.2 Å². The molecule has 0 atom stereocenters. The lowest BCUT2D eigenvalue weighted by Gasteiger charge is -2.07. The standard InChI is InChI=1S/C17H15N3S/c1-2-6-12(7-3-1)15-16(20-17-18-10-11-21-17)13-8-4-5-9-14(13)19-15/h1-9,19H,10-11H2,(H,18,20). The molecule has 1 aliphatic heterocycles. The van der Waals surface area contributed by atoms with Crippen molar-refractivity contribution in [1.29, 1.82) is 0 Å². The second kappa shape index (κ2) is 5.30. The molecule has 0 fully saturated rings. The van der Waals surface area contributed by atoms with Gasteiger partial charge in [-0.25, -0.2) is 0 Å². The molecule has 1 aromatic heterocycles. The first-order chi connectivity index (χ1) is 10.4. The van der Waals surface area contributed by atoms with Gasteiger partial charge in [0.1, 0.15) is 0 Å². The molecule has 104 valence electrons. The molecule has 2 aromatic carbocycles. The number of H-pyrrole nitrogens is 1. The van der Waals surface area contributed by atoms with Gasteiger partial charge in [-0.1, -0.05) is 60.3 Å². The lowest BCUT2D eigenvalue weighted by molar-refractivity contribution is 1.17. The summed E-state index contributed by atoms with van der Waals surface area (Å²) in [6.07, 6.45) is 0. The maximum atomic E-state index is 4.51. The molecule has 0 aliphatic carbocycles. The highest BCUT2D eigenvalue weighted by atomic mass is 32.2. The van der Waals surface area contributed by atoms with Gasteiger partial charge in [0.15, 0.2) is 5.17 Å². The summed E-state index contributed by atoms with van der Waals surface area (Å²) < 4.78 is 0. The van der Waals surface area contributed by atoms with Crippen molar-refractivity contribution in [1.82, 2.24) is 4.98 Å². The lowest BCUT2D eigenvalue weighted by Crippen LogP contribution is -2.05. The quantitative estimate of drug-likeness (QED) is 0.737. The van der Waals surface area contributed by atoms with Gasteiger partial charge >= 0.3 is 0 Å². The Balaban J connectivity index is 1.88. The predicted molar refractivity (Wildman–Crippen MR) is 92.1 cm³/mol. The highest BCUT2D eigenvalue weighted by Gasteiger charge is 2.16. The molecule has 2 N–H and O–H groups in total. The van der Waals surface area contributed by atoms with Gasteiger partial charge in [-0.2, -0.15) is 0 Å². The second-order valence-electron chi connectivity index (χ2n) is 4.95. The molecular weight excluding hydrogens is 278 g/mol. The molecule has 3 aromatic rings. The van der Waals surface area contributed by atoms with Crippen molar-refractivity contribution in [3.8, 4) is 11.3 Å². The molecule has 0 bridgehead atoms. The molecule has 4 rings (SSSR count). The summed E-state index contributed by atoms with van der Waals surface area (Å²) in [6.45, 7) is 0.899. The number of para-hydroxylation sites is 1. The molecular formula is C17H15N3S. The Morgan fingerprint density at radius 1 is 1.00 bits per heavy atom. The molecule has 0 radical (unpaired) electrons. The Morgan fingerprint density at radius 3 is 2.62 bits per heavy atom. The van der Waals surface area contributed by atoms with E-state index in [9.17, 15) is 0 Å². The first-order valence-electron chi connectivity index (χ1n) is 7.02. The molecule has 0 saturated heterocycles. The number of thioether (sulfide) groups is 1. The van der Waals surface area contributed by atoms with Gasteiger partial charge in [0.05, 0.1) is 17.9 Å². The fourth-order valence-corrected chi connectivity index (χ4v) is 3.34. The predicted octanol–water partition coefficient (Wildman–Crippen LogP) is 4.35. The van der Waals surface area contributed by atoms with Crippen LogP contribution in [0, 0.1) is 0 Å². The number of hydrogen-bond acceptors (Lipinski definition) is 3. The Bertz CT molecular complexity index is 805. The average molecular weight is 293 g/mol. The summed E-state index contributed by atoms with van der Waals surface area (Å²) in [5.41, 5.74) is 4.55. The fourth-order valence-electron chi connectivity index (χ4n) is 2.61. The maximum Gasteiger partial charge on any atom is 0.161 e. The van der Waals surface area contributed by atoms with E-state index in [1.54, 1.807) is 11.8 Å². The number of nitrogens with one attached hydrogen (secondary N) is 2. The summed E-state index contributed by atoms with van der Waals surface area (Å²) in [7, 11) is 0. The molecule has 2 heterocycles. The van der Waals surface area contributed by atoms with Crippen molar-refractivity contribution in [2.75, 3.05) is 17.6 Å². The number of hydrogen-bond donors (Lipinski definition) is 2. The molecule has 0 saturated carbocycles. The number of aliphatic imine (C=N–C) groups is 1. The van der Waals surface area contributed by atoms with Crippen molar-refractivity contribution < 1.29 is 0 Å². The van der Waals surface area contributed by atoms with Crippen LogP contribution in [0.5, 0.6) is 0 Å². The number of benzene rings is 2. The highest BCUT2D eigenvalue weighted by molar-refractivity contribution is 8.14. The largest absolute Gasteiger partial charge is 0.353 e. The smallest absolute Gasteiger partial charge is 0.161 e. The monoisotopic (exact) mass is 293 g/mol. The third kappa shape index (κ3) is 2.32. The second-order valence-corrected chi connectivity index (χ2v) is 6.03. The molecule has 21 heavy (non-hydrogen) atoms. The number of rotatable bonds is 2. The van der Waals surface area contributed by atoms with Crippen LogP contribution in [0.3, 0.4) is 0 Å². The Morgan fingerprint density at radius 2 is 1.81 bits per heavy atom. The Hall–Kier alpha value is -2.20. The van der Waals surface area contributed by atoms with Crippen molar-refractivity contribution in [2.24, 2.45) is 4.99 Å². The Kier molecular flexibility index (Phi) is 3.16. The van der Waals surface area contributed by atoms with Crippen LogP contribution >= 0.6 is 11.8 Å². The van der Waals surface area contributed by atoms with Crippen LogP contribution in [0.15, 0.2) is 59.6 Å². The minimum Gasteiger partial charge on any atom is -0.353 e. The van der Waals surface area contributed by atoms with Crippen LogP contribution in [0.4, 0.5) is 5.69 Å². The zero-order valence-corrected chi connectivity index (χ0v) is 12.3. The van der Waals surface area contributed by atoms with E-state index in [-0.39, 0.29) is 0 Å². The summed E-state index contributed by atoms with van der Waals surface area (Å²) in [5, 5.41) is 5.72. The summed E-state index contributed by atoms with van der Waals surface area (Å²) >= 11 is 1.78. The van der Waals surface area contributed by atoms with Crippen LogP contribution in [-0.4, -0.2) is 22.4 Å². The van der Waals surface area contributed by atoms with E-state index < -0.39 is 0 Å². The van der Waals surface area contributed by atoms with Gasteiger partial charge in [0.25, 0.3) is 0 Å². The van der Waals surface area contributed by atoms with Crippen molar-refractivity contribution in [3.05, 3.63) is 54.6 Å². The van der Waals surface area contributed by atoms with E-state index >= 15 is 0 Å². The third-order valence-corrected chi connectivity index (χ3v) is 4.48. The summed E-state index contributed by atoms with van der Waals surface area (Å²) in [4.78, 5) is 8.03. The minimum atomic E-state index is 0.899. The van der Waals surface area contributed by atoms with Crippen LogP contribution in [-0.2, 0) is 0 Å². The van der Waals surface area contributed by atoms with Gasteiger partial charge in [-0.05, 0) is 6.07 Å². The van der Waals surface area contributed by atoms with E-state index in [1.165, 1.54) is 10.9 Å². The van der Waals surface area contributed by atoms with Gasteiger partial charge in [-0.15, -0.1) is 0 Å². The molecule has 0 amide bonds. The zero-order valence-electron chi connectivity index (χ0n) is 11.5. The Labute approximate surface area is 127 Å². The van der Waals surface area contributed by atoms with Gasteiger partial charge in [0, 0.05) is 22.2 Å². The third-order valence-electron chi connectivity index (χ3n) is 3.59. The van der Waals surface area contributed by atoms with Crippen molar-refractivity contribution in [3.63, 3.8) is 0 Å². The van der Waals surface area contributed by atoms with Crippen LogP contribution in [0.1, 0.15) is 0 Å². The van der Waals surface area contributed by atoms with Crippen LogP contribution < -0.4 is 5.32 Å². The zero-order chi connectivity index (χ0) is 14.1. The molecule has 0 spiro atoms. The van der Waals surface area contributed by atoms with E-state index in [1.807, 2.05) is 6.07 Å². The SMILES string of the molecule is c1ccc(-c2[nH]c3ccccc3c2NC2=NCCS2)cc1. The first-order valence-corrected chi connectivity index (χ1v) is 8.01. The van der Waals surface area contributed by atoms with Gasteiger partial charge in [0.2, 0.25) is 0 Å². The lowest BCUT2D eigenvalue weighted by atomic mass is 10.1. The van der Waals surface area contributed by atoms with E-state index in [0.29, 0.717) is 0 Å². The number of anilines is 1. The number of nitrogens with zero attached hydrogens (tertiary/aromatic N) is 1. The first kappa shape index (κ1) is 12.5. The van der Waals surface area contributed by atoms with Crippen molar-refractivity contribution >= 4 is 33.5 Å². The fraction of sp³-hybridized carbons (Fsp3) is 0.118. The normalized spacial score (nSPS) is 14.4. The van der Waals surface area contributed by atoms with Crippen LogP contribution in [0.25, 0.3) is 22.2 Å². The van der Waals surface area contributed by atoms with Crippen molar-refractivity contribution in [2.45, 2.75) is 0 Å². The summed E-state index contributed by atoms with van der Waals surface area (Å²) in [6, 6.07) is 18.8. The van der Waals surface area contributed by atoms with Gasteiger partial charge < -0.3 is 10.3 Å². The van der Waals surface area contributed by atoms with E-state index in [4.69, 9.17) is 0 Å². The molecule has 3 nitrogen and oxygen atoms in total. The van der Waals surface area contributed by atoms with Crippen LogP contribution in [0.2, 0.25) is 0 Å². The van der Waals surface area contributed by atoms with E-state index in [2.05, 4.69) is 63.8 Å². The molecule has 0 unspecified atom stereocenters. The maximum absolute atomic E-state index is 4.51. The summed E-state index contributed by atoms with van der Waals surface area (Å²) in [5.74, 6) is 1.06. The minimum absolute atomic E-state index is 0.899. The number of aromatic amines is 1. The highest BCUT2D eigenvalue weighted by Crippen LogP contribution is 2.35. The van der Waals surface area contributed by atoms with E-state index in [0.717, 1.165) is 34.4 Å².